The van der Waals surface area contributed by atoms with Gasteiger partial charge in [-0.2, -0.15) is 11.8 Å². The number of aromatic nitrogens is 1. The fraction of sp³-hybridized carbons (Fsp3) is 0.273. The number of fused-ring (bicyclic) bond motifs is 1. The van der Waals surface area contributed by atoms with Crippen molar-refractivity contribution in [2.45, 2.75) is 6.42 Å². The first kappa shape index (κ1) is 9.46. The number of aromatic amines is 1. The number of H-pyrrole nitrogens is 1. The number of phenolic OH excluding ortho intramolecular Hbond substituents is 1. The molecular formula is C11H13NOS. The van der Waals surface area contributed by atoms with E-state index >= 15 is 0 Å². The monoisotopic (exact) mass is 207 g/mol. The third-order valence-electron chi connectivity index (χ3n) is 2.34. The molecule has 0 aliphatic heterocycles. The summed E-state index contributed by atoms with van der Waals surface area (Å²) >= 11 is 1.82. The molecular weight excluding hydrogens is 194 g/mol. The molecule has 1 aromatic heterocycles. The molecule has 2 aromatic rings. The van der Waals surface area contributed by atoms with Gasteiger partial charge in [0.05, 0.1) is 0 Å². The van der Waals surface area contributed by atoms with E-state index in [1.165, 1.54) is 5.56 Å². The van der Waals surface area contributed by atoms with Crippen molar-refractivity contribution in [3.05, 3.63) is 30.0 Å². The Morgan fingerprint density at radius 2 is 2.29 bits per heavy atom. The normalized spacial score (nSPS) is 10.9. The van der Waals surface area contributed by atoms with Crippen molar-refractivity contribution in [1.29, 1.82) is 0 Å². The van der Waals surface area contributed by atoms with Gasteiger partial charge < -0.3 is 10.1 Å². The maximum absolute atomic E-state index is 9.71. The second kappa shape index (κ2) is 3.96. The summed E-state index contributed by atoms with van der Waals surface area (Å²) in [6.07, 6.45) is 5.08. The van der Waals surface area contributed by atoms with Crippen LogP contribution in [0.4, 0.5) is 0 Å². The zero-order valence-electron chi connectivity index (χ0n) is 8.08. The van der Waals surface area contributed by atoms with Gasteiger partial charge in [-0.05, 0) is 36.1 Å². The van der Waals surface area contributed by atoms with Crippen LogP contribution in [0.5, 0.6) is 5.75 Å². The average molecular weight is 207 g/mol. The van der Waals surface area contributed by atoms with Crippen LogP contribution < -0.4 is 0 Å². The van der Waals surface area contributed by atoms with Gasteiger partial charge in [0.1, 0.15) is 5.75 Å². The van der Waals surface area contributed by atoms with Gasteiger partial charge in [-0.1, -0.05) is 6.07 Å². The molecule has 3 heteroatoms. The summed E-state index contributed by atoms with van der Waals surface area (Å²) < 4.78 is 0. The summed E-state index contributed by atoms with van der Waals surface area (Å²) in [4.78, 5) is 3.17. The second-order valence-electron chi connectivity index (χ2n) is 3.26. The smallest absolute Gasteiger partial charge is 0.125 e. The van der Waals surface area contributed by atoms with Crippen molar-refractivity contribution >= 4 is 22.7 Å². The molecule has 1 aromatic carbocycles. The van der Waals surface area contributed by atoms with Gasteiger partial charge in [0.15, 0.2) is 0 Å². The number of phenols is 1. The SMILES string of the molecule is CSCCc1c[nH]c2cccc(O)c12. The fourth-order valence-electron chi connectivity index (χ4n) is 1.64. The molecule has 2 nitrogen and oxygen atoms in total. The molecule has 0 amide bonds. The maximum Gasteiger partial charge on any atom is 0.125 e. The van der Waals surface area contributed by atoms with E-state index in [9.17, 15) is 5.11 Å². The molecule has 0 saturated heterocycles. The highest BCUT2D eigenvalue weighted by molar-refractivity contribution is 7.98. The van der Waals surface area contributed by atoms with Crippen molar-refractivity contribution in [2.75, 3.05) is 12.0 Å². The van der Waals surface area contributed by atoms with Crippen LogP contribution in [0.1, 0.15) is 5.56 Å². The van der Waals surface area contributed by atoms with E-state index in [-0.39, 0.29) is 0 Å². The molecule has 2 rings (SSSR count). The number of hydrogen-bond acceptors (Lipinski definition) is 2. The number of aryl methyl sites for hydroxylation is 1. The molecule has 0 bridgehead atoms. The molecule has 0 spiro atoms. The summed E-state index contributed by atoms with van der Waals surface area (Å²) in [5.74, 6) is 1.46. The minimum atomic E-state index is 0.375. The van der Waals surface area contributed by atoms with Crippen molar-refractivity contribution in [1.82, 2.24) is 4.98 Å². The van der Waals surface area contributed by atoms with Gasteiger partial charge >= 0.3 is 0 Å². The van der Waals surface area contributed by atoms with Gasteiger partial charge in [0, 0.05) is 17.1 Å². The summed E-state index contributed by atoms with van der Waals surface area (Å²) in [6, 6.07) is 5.57. The molecule has 0 unspecified atom stereocenters. The Morgan fingerprint density at radius 3 is 3.07 bits per heavy atom. The number of rotatable bonds is 3. The zero-order chi connectivity index (χ0) is 9.97. The van der Waals surface area contributed by atoms with Crippen molar-refractivity contribution in [3.8, 4) is 5.75 Å². The van der Waals surface area contributed by atoms with Gasteiger partial charge in [0.25, 0.3) is 0 Å². The van der Waals surface area contributed by atoms with Crippen LogP contribution in [0.3, 0.4) is 0 Å². The fourth-order valence-corrected chi connectivity index (χ4v) is 2.07. The molecule has 0 fully saturated rings. The molecule has 14 heavy (non-hydrogen) atoms. The maximum atomic E-state index is 9.71. The van der Waals surface area contributed by atoms with Crippen LogP contribution in [0, 0.1) is 0 Å². The van der Waals surface area contributed by atoms with Gasteiger partial charge in [0.2, 0.25) is 0 Å². The number of thioether (sulfide) groups is 1. The Kier molecular flexibility index (Phi) is 2.68. The summed E-state index contributed by atoms with van der Waals surface area (Å²) in [6.45, 7) is 0. The highest BCUT2D eigenvalue weighted by Crippen LogP contribution is 2.28. The van der Waals surface area contributed by atoms with E-state index in [0.717, 1.165) is 23.1 Å². The Bertz CT molecular complexity index is 436. The highest BCUT2D eigenvalue weighted by Gasteiger charge is 2.06. The van der Waals surface area contributed by atoms with E-state index < -0.39 is 0 Å². The Morgan fingerprint density at radius 1 is 1.43 bits per heavy atom. The van der Waals surface area contributed by atoms with E-state index in [4.69, 9.17) is 0 Å². The Hall–Kier alpha value is -1.09. The molecule has 0 atom stereocenters. The molecule has 0 radical (unpaired) electrons. The quantitative estimate of drug-likeness (QED) is 0.812. The third kappa shape index (κ3) is 1.60. The van der Waals surface area contributed by atoms with Gasteiger partial charge in [-0.25, -0.2) is 0 Å². The third-order valence-corrected chi connectivity index (χ3v) is 2.95. The lowest BCUT2D eigenvalue weighted by molar-refractivity contribution is 0.481. The molecule has 0 aliphatic carbocycles. The molecule has 0 aliphatic rings. The van der Waals surface area contributed by atoms with Crippen molar-refractivity contribution in [2.24, 2.45) is 0 Å². The first-order valence-electron chi connectivity index (χ1n) is 4.60. The topological polar surface area (TPSA) is 36.0 Å². The largest absolute Gasteiger partial charge is 0.507 e. The van der Waals surface area contributed by atoms with E-state index in [0.29, 0.717) is 5.75 Å². The zero-order valence-corrected chi connectivity index (χ0v) is 8.90. The lowest BCUT2D eigenvalue weighted by atomic mass is 10.1. The standard InChI is InChI=1S/C11H13NOS/c1-14-6-5-8-7-12-9-3-2-4-10(13)11(8)9/h2-4,7,12-13H,5-6H2,1H3. The second-order valence-corrected chi connectivity index (χ2v) is 4.24. The first-order valence-corrected chi connectivity index (χ1v) is 5.99. The van der Waals surface area contributed by atoms with Crippen LogP contribution in [0.2, 0.25) is 0 Å². The summed E-state index contributed by atoms with van der Waals surface area (Å²) in [5, 5.41) is 10.7. The van der Waals surface area contributed by atoms with Crippen LogP contribution in [0.15, 0.2) is 24.4 Å². The number of hydrogen-bond donors (Lipinski definition) is 2. The van der Waals surface area contributed by atoms with Crippen LogP contribution >= 0.6 is 11.8 Å². The predicted octanol–water partition coefficient (Wildman–Crippen LogP) is 2.78. The number of aromatic hydroxyl groups is 1. The first-order chi connectivity index (χ1) is 6.83. The van der Waals surface area contributed by atoms with E-state index in [1.54, 1.807) is 6.07 Å². The molecule has 74 valence electrons. The van der Waals surface area contributed by atoms with E-state index in [2.05, 4.69) is 11.2 Å². The minimum absolute atomic E-state index is 0.375. The molecule has 0 saturated carbocycles. The number of nitrogens with one attached hydrogen (secondary N) is 1. The Labute approximate surface area is 87.3 Å². The average Bonchev–Trinajstić information content (AvgIpc) is 2.59. The molecule has 1 heterocycles. The summed E-state index contributed by atoms with van der Waals surface area (Å²) in [7, 11) is 0. The van der Waals surface area contributed by atoms with E-state index in [1.807, 2.05) is 30.1 Å². The molecule has 2 N–H and O–H groups in total. The van der Waals surface area contributed by atoms with Gasteiger partial charge in [-0.3, -0.25) is 0 Å². The van der Waals surface area contributed by atoms with Gasteiger partial charge in [-0.15, -0.1) is 0 Å². The van der Waals surface area contributed by atoms with Crippen molar-refractivity contribution in [3.63, 3.8) is 0 Å². The van der Waals surface area contributed by atoms with Crippen LogP contribution in [0.25, 0.3) is 10.9 Å². The summed E-state index contributed by atoms with van der Waals surface area (Å²) in [5.41, 5.74) is 2.22. The lowest BCUT2D eigenvalue weighted by Crippen LogP contribution is -1.85. The predicted molar refractivity (Wildman–Crippen MR) is 62.0 cm³/mol. The Balaban J connectivity index is 2.45. The number of benzene rings is 1. The minimum Gasteiger partial charge on any atom is -0.507 e. The highest BCUT2D eigenvalue weighted by atomic mass is 32.2. The van der Waals surface area contributed by atoms with Crippen molar-refractivity contribution < 1.29 is 5.11 Å². The van der Waals surface area contributed by atoms with Crippen LogP contribution in [-0.4, -0.2) is 22.1 Å². The lowest BCUT2D eigenvalue weighted by Gasteiger charge is -1.99. The van der Waals surface area contributed by atoms with Crippen LogP contribution in [-0.2, 0) is 6.42 Å².